The summed E-state index contributed by atoms with van der Waals surface area (Å²) in [5, 5.41) is 6.18. The zero-order valence-corrected chi connectivity index (χ0v) is 20.0. The number of methoxy groups -OCH3 is 1. The summed E-state index contributed by atoms with van der Waals surface area (Å²) < 4.78 is 19.7. The molecule has 3 aromatic carbocycles. The lowest BCUT2D eigenvalue weighted by Crippen LogP contribution is -2.42. The van der Waals surface area contributed by atoms with Crippen LogP contribution in [0.15, 0.2) is 84.0 Å². The van der Waals surface area contributed by atoms with Gasteiger partial charge in [0.2, 0.25) is 0 Å². The first-order valence-corrected chi connectivity index (χ1v) is 11.6. The number of halogens is 2. The van der Waals surface area contributed by atoms with Gasteiger partial charge in [0.25, 0.3) is 11.8 Å². The Morgan fingerprint density at radius 1 is 1.06 bits per heavy atom. The molecule has 180 valence electrons. The number of ether oxygens (including phenoxy) is 1. The average Bonchev–Trinajstić information content (AvgIpc) is 3.32. The van der Waals surface area contributed by atoms with E-state index in [0.717, 1.165) is 5.56 Å². The van der Waals surface area contributed by atoms with Crippen LogP contribution in [0.3, 0.4) is 0 Å². The number of rotatable bonds is 8. The summed E-state index contributed by atoms with van der Waals surface area (Å²) in [6, 6.07) is 22.1. The largest absolute Gasteiger partial charge is 0.383 e. The van der Waals surface area contributed by atoms with Crippen molar-refractivity contribution in [1.82, 2.24) is 9.91 Å². The van der Waals surface area contributed by atoms with E-state index in [2.05, 4.69) is 5.10 Å². The average molecular weight is 494 g/mol. The van der Waals surface area contributed by atoms with Crippen LogP contribution in [0.1, 0.15) is 33.9 Å². The molecule has 0 N–H and O–H groups in total. The number of carbonyl (C=O) groups excluding carboxylic acids is 2. The van der Waals surface area contributed by atoms with Crippen molar-refractivity contribution in [2.75, 3.05) is 26.8 Å². The van der Waals surface area contributed by atoms with Crippen LogP contribution >= 0.6 is 11.6 Å². The fourth-order valence-corrected chi connectivity index (χ4v) is 4.24. The van der Waals surface area contributed by atoms with Crippen LogP contribution in [0, 0.1) is 5.82 Å². The molecule has 4 rings (SSSR count). The molecule has 0 saturated heterocycles. The van der Waals surface area contributed by atoms with Crippen molar-refractivity contribution in [2.45, 2.75) is 12.5 Å². The van der Waals surface area contributed by atoms with Crippen molar-refractivity contribution >= 4 is 29.1 Å². The van der Waals surface area contributed by atoms with Crippen molar-refractivity contribution < 1.29 is 18.7 Å². The summed E-state index contributed by atoms with van der Waals surface area (Å²) >= 11 is 6.23. The molecule has 1 aliphatic rings. The molecule has 0 aromatic heterocycles. The molecule has 0 aliphatic carbocycles. The van der Waals surface area contributed by atoms with Gasteiger partial charge in [0.1, 0.15) is 12.4 Å². The maximum atomic E-state index is 14.5. The van der Waals surface area contributed by atoms with Crippen LogP contribution in [0.4, 0.5) is 4.39 Å². The van der Waals surface area contributed by atoms with Crippen molar-refractivity contribution in [3.8, 4) is 0 Å². The Hall–Kier alpha value is -3.55. The molecule has 8 heteroatoms. The smallest absolute Gasteiger partial charge is 0.262 e. The molecule has 0 spiro atoms. The van der Waals surface area contributed by atoms with Crippen LogP contribution in [-0.4, -0.2) is 54.2 Å². The zero-order chi connectivity index (χ0) is 24.8. The van der Waals surface area contributed by atoms with Crippen LogP contribution in [0.25, 0.3) is 0 Å². The summed E-state index contributed by atoms with van der Waals surface area (Å²) in [6.45, 7) is 0.208. The lowest BCUT2D eigenvalue weighted by Gasteiger charge is -2.27. The molecule has 0 radical (unpaired) electrons. The second kappa shape index (κ2) is 11.3. The van der Waals surface area contributed by atoms with Gasteiger partial charge in [-0.1, -0.05) is 72.3 Å². The first-order chi connectivity index (χ1) is 17.0. The van der Waals surface area contributed by atoms with E-state index < -0.39 is 11.9 Å². The number of hydrogen-bond acceptors (Lipinski definition) is 4. The molecule has 0 bridgehead atoms. The fraction of sp³-hybridized carbons (Fsp3) is 0.222. The molecular weight excluding hydrogens is 469 g/mol. The minimum absolute atomic E-state index is 0.194. The summed E-state index contributed by atoms with van der Waals surface area (Å²) in [6.07, 6.45) is 0.354. The van der Waals surface area contributed by atoms with Gasteiger partial charge < -0.3 is 9.64 Å². The van der Waals surface area contributed by atoms with Gasteiger partial charge >= 0.3 is 0 Å². The number of hydrazone groups is 1. The molecule has 1 unspecified atom stereocenters. The number of amides is 2. The fourth-order valence-electron chi connectivity index (χ4n) is 4.03. The Bertz CT molecular complexity index is 1240. The molecule has 2 amide bonds. The highest BCUT2D eigenvalue weighted by Gasteiger charge is 2.35. The van der Waals surface area contributed by atoms with Crippen molar-refractivity contribution in [2.24, 2.45) is 5.10 Å². The quantitative estimate of drug-likeness (QED) is 0.446. The highest BCUT2D eigenvalue weighted by atomic mass is 35.5. The number of nitrogens with zero attached hydrogens (tertiary/aromatic N) is 3. The molecule has 1 atom stereocenters. The molecule has 0 saturated carbocycles. The van der Waals surface area contributed by atoms with E-state index in [-0.39, 0.29) is 31.5 Å². The van der Waals surface area contributed by atoms with Crippen molar-refractivity contribution in [1.29, 1.82) is 0 Å². The van der Waals surface area contributed by atoms with Gasteiger partial charge in [0.15, 0.2) is 0 Å². The van der Waals surface area contributed by atoms with Crippen LogP contribution in [0.2, 0.25) is 5.02 Å². The van der Waals surface area contributed by atoms with Crippen LogP contribution in [-0.2, 0) is 9.53 Å². The molecular formula is C27H25ClFN3O3. The van der Waals surface area contributed by atoms with Gasteiger partial charge in [-0.05, 0) is 23.8 Å². The highest BCUT2D eigenvalue weighted by molar-refractivity contribution is 6.33. The van der Waals surface area contributed by atoms with Crippen molar-refractivity contribution in [3.05, 3.63) is 106 Å². The predicted octanol–water partition coefficient (Wildman–Crippen LogP) is 4.95. The summed E-state index contributed by atoms with van der Waals surface area (Å²) in [5.74, 6) is -1.17. The van der Waals surface area contributed by atoms with Gasteiger partial charge in [-0.3, -0.25) is 9.59 Å². The Morgan fingerprint density at radius 2 is 1.74 bits per heavy atom. The maximum Gasteiger partial charge on any atom is 0.262 e. The number of benzene rings is 3. The highest BCUT2D eigenvalue weighted by Crippen LogP contribution is 2.33. The molecule has 35 heavy (non-hydrogen) atoms. The summed E-state index contributed by atoms with van der Waals surface area (Å²) in [5.41, 5.74) is 2.00. The topological polar surface area (TPSA) is 62.2 Å². The van der Waals surface area contributed by atoms with E-state index >= 15 is 0 Å². The Balaban J connectivity index is 1.64. The van der Waals surface area contributed by atoms with E-state index in [1.807, 2.05) is 30.3 Å². The third-order valence-electron chi connectivity index (χ3n) is 5.82. The van der Waals surface area contributed by atoms with E-state index in [0.29, 0.717) is 28.3 Å². The molecule has 0 fully saturated rings. The van der Waals surface area contributed by atoms with Gasteiger partial charge in [0, 0.05) is 25.6 Å². The second-order valence-electron chi connectivity index (χ2n) is 8.09. The first kappa shape index (κ1) is 24.6. The lowest BCUT2D eigenvalue weighted by atomic mass is 9.98. The number of hydrogen-bond donors (Lipinski definition) is 0. The summed E-state index contributed by atoms with van der Waals surface area (Å²) in [4.78, 5) is 28.2. The third kappa shape index (κ3) is 5.58. The van der Waals surface area contributed by atoms with Crippen LogP contribution < -0.4 is 0 Å². The molecule has 1 heterocycles. The molecule has 6 nitrogen and oxygen atoms in total. The standard InChI is InChI=1S/C27H25ClFN3O3/c1-35-16-15-31(27(34)20-11-5-7-13-22(20)28)18-26(33)32-25(19-9-3-2-4-10-19)17-24(30-32)21-12-6-8-14-23(21)29/h2-14,25H,15-18H2,1H3. The molecule has 1 aliphatic heterocycles. The maximum absolute atomic E-state index is 14.5. The molecule has 3 aromatic rings. The third-order valence-corrected chi connectivity index (χ3v) is 6.15. The van der Waals surface area contributed by atoms with E-state index in [1.165, 1.54) is 23.1 Å². The summed E-state index contributed by atoms with van der Waals surface area (Å²) in [7, 11) is 1.52. The minimum atomic E-state index is -0.419. The van der Waals surface area contributed by atoms with Crippen molar-refractivity contribution in [3.63, 3.8) is 0 Å². The predicted molar refractivity (Wildman–Crippen MR) is 133 cm³/mol. The van der Waals surface area contributed by atoms with Gasteiger partial charge in [-0.15, -0.1) is 0 Å². The Morgan fingerprint density at radius 3 is 2.46 bits per heavy atom. The SMILES string of the molecule is COCCN(CC(=O)N1N=C(c2ccccc2F)CC1c1ccccc1)C(=O)c1ccccc1Cl. The lowest BCUT2D eigenvalue weighted by molar-refractivity contribution is -0.133. The Labute approximate surface area is 208 Å². The zero-order valence-electron chi connectivity index (χ0n) is 19.2. The minimum Gasteiger partial charge on any atom is -0.383 e. The first-order valence-electron chi connectivity index (χ1n) is 11.2. The monoisotopic (exact) mass is 493 g/mol. The van der Waals surface area contributed by atoms with Gasteiger partial charge in [-0.25, -0.2) is 9.40 Å². The number of carbonyl (C=O) groups is 2. The second-order valence-corrected chi connectivity index (χ2v) is 8.50. The van der Waals surface area contributed by atoms with Gasteiger partial charge in [-0.2, -0.15) is 5.10 Å². The van der Waals surface area contributed by atoms with E-state index in [4.69, 9.17) is 16.3 Å². The van der Waals surface area contributed by atoms with E-state index in [1.54, 1.807) is 42.5 Å². The van der Waals surface area contributed by atoms with Gasteiger partial charge in [0.05, 0.1) is 28.9 Å². The van der Waals surface area contributed by atoms with Crippen LogP contribution in [0.5, 0.6) is 0 Å². The van der Waals surface area contributed by atoms with E-state index in [9.17, 15) is 14.0 Å². The Kier molecular flexibility index (Phi) is 7.90. The normalized spacial score (nSPS) is 15.1.